The average molecular weight is 263 g/mol. The minimum absolute atomic E-state index is 0.124. The van der Waals surface area contributed by atoms with Crippen molar-refractivity contribution >= 4 is 5.91 Å². The highest BCUT2D eigenvalue weighted by atomic mass is 19.1. The summed E-state index contributed by atoms with van der Waals surface area (Å²) in [5.74, 6) is -0.787. The third-order valence-electron chi connectivity index (χ3n) is 4.01. The number of nitrogens with one attached hydrogen (secondary N) is 1. The molecular weight excluding hydrogens is 245 g/mol. The molecule has 1 unspecified atom stereocenters. The van der Waals surface area contributed by atoms with Crippen molar-refractivity contribution in [2.45, 2.75) is 6.04 Å². The van der Waals surface area contributed by atoms with Crippen molar-refractivity contribution in [1.29, 1.82) is 0 Å². The molecular formula is C14H18FN3O. The van der Waals surface area contributed by atoms with Gasteiger partial charge in [0, 0.05) is 45.3 Å². The molecule has 0 aliphatic carbocycles. The molecule has 4 rings (SSSR count). The summed E-state index contributed by atoms with van der Waals surface area (Å²) in [7, 11) is 0. The second kappa shape index (κ2) is 5.27. The Balaban J connectivity index is 1.58. The summed E-state index contributed by atoms with van der Waals surface area (Å²) < 4.78 is 13.5. The van der Waals surface area contributed by atoms with E-state index < -0.39 is 5.82 Å². The molecule has 1 atom stereocenters. The normalized spacial score (nSPS) is 29.2. The molecule has 19 heavy (non-hydrogen) atoms. The second-order valence-electron chi connectivity index (χ2n) is 5.18. The van der Waals surface area contributed by atoms with Gasteiger partial charge in [-0.15, -0.1) is 0 Å². The zero-order valence-electron chi connectivity index (χ0n) is 10.8. The van der Waals surface area contributed by atoms with E-state index >= 15 is 0 Å². The number of amides is 1. The number of hydrogen-bond acceptors (Lipinski definition) is 3. The molecule has 1 aromatic carbocycles. The largest absolute Gasteiger partial charge is 0.350 e. The minimum atomic E-state index is -0.464. The van der Waals surface area contributed by atoms with Crippen LogP contribution in [0.5, 0.6) is 0 Å². The van der Waals surface area contributed by atoms with Gasteiger partial charge >= 0.3 is 0 Å². The lowest BCUT2D eigenvalue weighted by Crippen LogP contribution is -2.63. The van der Waals surface area contributed by atoms with Crippen LogP contribution in [0.2, 0.25) is 0 Å². The number of nitrogens with zero attached hydrogens (tertiary/aromatic N) is 2. The lowest BCUT2D eigenvalue weighted by Gasteiger charge is -2.47. The van der Waals surface area contributed by atoms with Crippen molar-refractivity contribution in [1.82, 2.24) is 15.1 Å². The number of carbonyl (C=O) groups excluding carboxylic acids is 1. The van der Waals surface area contributed by atoms with Crippen molar-refractivity contribution in [2.75, 3.05) is 39.3 Å². The van der Waals surface area contributed by atoms with Gasteiger partial charge in [-0.05, 0) is 12.1 Å². The predicted octanol–water partition coefficient (Wildman–Crippen LogP) is 0.555. The third kappa shape index (κ3) is 2.62. The second-order valence-corrected chi connectivity index (χ2v) is 5.18. The van der Waals surface area contributed by atoms with Gasteiger partial charge in [-0.2, -0.15) is 0 Å². The number of rotatable bonds is 3. The van der Waals surface area contributed by atoms with E-state index in [4.69, 9.17) is 0 Å². The molecule has 102 valence electrons. The fourth-order valence-corrected chi connectivity index (χ4v) is 2.87. The Morgan fingerprint density at radius 2 is 2.00 bits per heavy atom. The van der Waals surface area contributed by atoms with Gasteiger partial charge in [0.15, 0.2) is 0 Å². The molecule has 0 radical (unpaired) electrons. The highest BCUT2D eigenvalue weighted by Gasteiger charge is 2.31. The summed E-state index contributed by atoms with van der Waals surface area (Å²) in [6.07, 6.45) is 0. The predicted molar refractivity (Wildman–Crippen MR) is 70.5 cm³/mol. The molecule has 3 fully saturated rings. The fourth-order valence-electron chi connectivity index (χ4n) is 2.87. The van der Waals surface area contributed by atoms with Gasteiger partial charge < -0.3 is 5.32 Å². The van der Waals surface area contributed by atoms with E-state index in [0.717, 1.165) is 32.7 Å². The van der Waals surface area contributed by atoms with Gasteiger partial charge in [0.05, 0.1) is 5.56 Å². The first-order valence-corrected chi connectivity index (χ1v) is 6.73. The number of carbonyl (C=O) groups is 1. The van der Waals surface area contributed by atoms with Crippen LogP contribution >= 0.6 is 0 Å². The van der Waals surface area contributed by atoms with Crippen molar-refractivity contribution in [3.05, 3.63) is 35.6 Å². The SMILES string of the molecule is O=C(NCC1CN2CCN1CC2)c1ccccc1F. The third-order valence-corrected chi connectivity index (χ3v) is 4.01. The van der Waals surface area contributed by atoms with Crippen molar-refractivity contribution in [3.8, 4) is 0 Å². The summed E-state index contributed by atoms with van der Waals surface area (Å²) in [5, 5.41) is 2.85. The van der Waals surface area contributed by atoms with E-state index in [0.29, 0.717) is 12.6 Å². The number of halogens is 1. The van der Waals surface area contributed by atoms with E-state index in [1.807, 2.05) is 0 Å². The molecule has 3 heterocycles. The lowest BCUT2D eigenvalue weighted by molar-refractivity contribution is 0.0138. The van der Waals surface area contributed by atoms with Crippen LogP contribution < -0.4 is 5.32 Å². The van der Waals surface area contributed by atoms with E-state index in [2.05, 4.69) is 15.1 Å². The zero-order chi connectivity index (χ0) is 13.2. The van der Waals surface area contributed by atoms with Crippen LogP contribution in [-0.2, 0) is 0 Å². The topological polar surface area (TPSA) is 35.6 Å². The molecule has 4 nitrogen and oxygen atoms in total. The molecule has 3 saturated heterocycles. The van der Waals surface area contributed by atoms with Crippen molar-refractivity contribution < 1.29 is 9.18 Å². The van der Waals surface area contributed by atoms with Crippen LogP contribution in [0.3, 0.4) is 0 Å². The Morgan fingerprint density at radius 3 is 2.63 bits per heavy atom. The number of piperazine rings is 3. The summed E-state index contributed by atoms with van der Waals surface area (Å²) in [6, 6.07) is 6.45. The Bertz CT molecular complexity index is 472. The van der Waals surface area contributed by atoms with Gasteiger partial charge in [0.25, 0.3) is 5.91 Å². The van der Waals surface area contributed by atoms with Gasteiger partial charge in [0.1, 0.15) is 5.82 Å². The van der Waals surface area contributed by atoms with Crippen molar-refractivity contribution in [3.63, 3.8) is 0 Å². The molecule has 1 amide bonds. The number of fused-ring (bicyclic) bond motifs is 3. The van der Waals surface area contributed by atoms with E-state index in [1.165, 1.54) is 12.1 Å². The Hall–Kier alpha value is -1.46. The van der Waals surface area contributed by atoms with Crippen LogP contribution in [0.15, 0.2) is 24.3 Å². The summed E-state index contributed by atoms with van der Waals surface area (Å²) >= 11 is 0. The molecule has 5 heteroatoms. The molecule has 3 aliphatic heterocycles. The van der Waals surface area contributed by atoms with Gasteiger partial charge in [-0.25, -0.2) is 4.39 Å². The quantitative estimate of drug-likeness (QED) is 0.865. The van der Waals surface area contributed by atoms with Crippen LogP contribution in [0.1, 0.15) is 10.4 Å². The van der Waals surface area contributed by atoms with E-state index in [1.54, 1.807) is 12.1 Å². The van der Waals surface area contributed by atoms with Gasteiger partial charge in [0.2, 0.25) is 0 Å². The molecule has 1 aromatic rings. The van der Waals surface area contributed by atoms with Crippen LogP contribution in [0, 0.1) is 5.82 Å². The monoisotopic (exact) mass is 263 g/mol. The van der Waals surface area contributed by atoms with Crippen LogP contribution in [0.4, 0.5) is 4.39 Å². The van der Waals surface area contributed by atoms with Crippen molar-refractivity contribution in [2.24, 2.45) is 0 Å². The molecule has 2 bridgehead atoms. The zero-order valence-corrected chi connectivity index (χ0v) is 10.8. The number of hydrogen-bond donors (Lipinski definition) is 1. The standard InChI is InChI=1S/C14H18FN3O/c15-13-4-2-1-3-12(13)14(19)16-9-11-10-17-5-7-18(11)8-6-17/h1-4,11H,5-10H2,(H,16,19). The molecule has 0 spiro atoms. The summed E-state index contributed by atoms with van der Waals surface area (Å²) in [6.45, 7) is 5.97. The molecule has 3 aliphatic rings. The average Bonchev–Trinajstić information content (AvgIpc) is 2.46. The van der Waals surface area contributed by atoms with E-state index in [9.17, 15) is 9.18 Å². The smallest absolute Gasteiger partial charge is 0.254 e. The highest BCUT2D eigenvalue weighted by molar-refractivity contribution is 5.94. The number of benzene rings is 1. The Labute approximate surface area is 112 Å². The molecule has 0 aromatic heterocycles. The maximum Gasteiger partial charge on any atom is 0.254 e. The Morgan fingerprint density at radius 1 is 1.26 bits per heavy atom. The first-order chi connectivity index (χ1) is 9.24. The summed E-state index contributed by atoms with van der Waals surface area (Å²) in [4.78, 5) is 16.8. The molecule has 0 saturated carbocycles. The Kier molecular flexibility index (Phi) is 3.48. The summed E-state index contributed by atoms with van der Waals surface area (Å²) in [5.41, 5.74) is 0.124. The maximum absolute atomic E-state index is 13.5. The first kappa shape index (κ1) is 12.6. The van der Waals surface area contributed by atoms with E-state index in [-0.39, 0.29) is 11.5 Å². The minimum Gasteiger partial charge on any atom is -0.350 e. The highest BCUT2D eigenvalue weighted by Crippen LogP contribution is 2.15. The maximum atomic E-state index is 13.5. The van der Waals surface area contributed by atoms with Gasteiger partial charge in [-0.3, -0.25) is 14.6 Å². The lowest BCUT2D eigenvalue weighted by atomic mass is 10.1. The van der Waals surface area contributed by atoms with Crippen LogP contribution in [0.25, 0.3) is 0 Å². The van der Waals surface area contributed by atoms with Gasteiger partial charge in [-0.1, -0.05) is 12.1 Å². The first-order valence-electron chi connectivity index (χ1n) is 6.73. The molecule has 1 N–H and O–H groups in total. The van der Waals surface area contributed by atoms with Crippen LogP contribution in [-0.4, -0.2) is 61.0 Å². The fraction of sp³-hybridized carbons (Fsp3) is 0.500.